The number of ether oxygens (including phenoxy) is 2. The van der Waals surface area contributed by atoms with E-state index in [4.69, 9.17) is 9.47 Å². The molecule has 2 atom stereocenters. The fourth-order valence-electron chi connectivity index (χ4n) is 3.53. The number of amides is 1. The molecule has 0 spiro atoms. The first kappa shape index (κ1) is 17.9. The molecule has 3 rings (SSSR count). The van der Waals surface area contributed by atoms with Gasteiger partial charge in [-0.1, -0.05) is 35.2 Å². The van der Waals surface area contributed by atoms with Crippen molar-refractivity contribution in [1.82, 2.24) is 5.32 Å². The largest absolute Gasteiger partial charge is 0.468 e. The smallest absolute Gasteiger partial charge is 0.326 e. The van der Waals surface area contributed by atoms with E-state index in [1.807, 2.05) is 0 Å². The lowest BCUT2D eigenvalue weighted by Crippen LogP contribution is -2.47. The average Bonchev–Trinajstić information content (AvgIpc) is 2.61. The Bertz CT molecular complexity index is 699. The SMILES string of the molecule is COC(=O)[C@@H]1C(=O)Oc2ccc(Br)cc2[C@@H]1C(=O)NC1CCCCC1. The summed E-state index contributed by atoms with van der Waals surface area (Å²) in [6, 6.07) is 5.13. The summed E-state index contributed by atoms with van der Waals surface area (Å²) in [5.41, 5.74) is 0.512. The average molecular weight is 410 g/mol. The fourth-order valence-corrected chi connectivity index (χ4v) is 3.91. The summed E-state index contributed by atoms with van der Waals surface area (Å²) < 4.78 is 10.7. The second kappa shape index (κ2) is 7.56. The first-order valence-electron chi connectivity index (χ1n) is 8.40. The molecule has 134 valence electrons. The monoisotopic (exact) mass is 409 g/mol. The van der Waals surface area contributed by atoms with Crippen molar-refractivity contribution < 1.29 is 23.9 Å². The topological polar surface area (TPSA) is 81.7 Å². The maximum Gasteiger partial charge on any atom is 0.326 e. The van der Waals surface area contributed by atoms with Crippen molar-refractivity contribution in [3.05, 3.63) is 28.2 Å². The van der Waals surface area contributed by atoms with Crippen LogP contribution in [0.5, 0.6) is 5.75 Å². The zero-order valence-electron chi connectivity index (χ0n) is 13.9. The van der Waals surface area contributed by atoms with Crippen LogP contribution in [-0.2, 0) is 19.1 Å². The van der Waals surface area contributed by atoms with Gasteiger partial charge in [0.05, 0.1) is 13.0 Å². The molecule has 1 saturated carbocycles. The maximum atomic E-state index is 13.0. The van der Waals surface area contributed by atoms with Crippen LogP contribution in [0.4, 0.5) is 0 Å². The van der Waals surface area contributed by atoms with Gasteiger partial charge < -0.3 is 14.8 Å². The lowest BCUT2D eigenvalue weighted by atomic mass is 9.82. The van der Waals surface area contributed by atoms with E-state index in [1.54, 1.807) is 18.2 Å². The summed E-state index contributed by atoms with van der Waals surface area (Å²) in [6.45, 7) is 0. The number of benzene rings is 1. The number of methoxy groups -OCH3 is 1. The Morgan fingerprint density at radius 3 is 2.60 bits per heavy atom. The minimum Gasteiger partial charge on any atom is -0.468 e. The number of carbonyl (C=O) groups is 3. The van der Waals surface area contributed by atoms with E-state index < -0.39 is 23.8 Å². The second-order valence-electron chi connectivity index (χ2n) is 6.43. The molecule has 0 saturated heterocycles. The van der Waals surface area contributed by atoms with Crippen LogP contribution in [0.1, 0.15) is 43.6 Å². The Morgan fingerprint density at radius 1 is 1.20 bits per heavy atom. The Kier molecular flexibility index (Phi) is 5.42. The number of rotatable bonds is 3. The highest BCUT2D eigenvalue weighted by molar-refractivity contribution is 9.10. The molecular formula is C18H20BrNO5. The number of hydrogen-bond donors (Lipinski definition) is 1. The molecule has 1 aromatic carbocycles. The summed E-state index contributed by atoms with van der Waals surface area (Å²) >= 11 is 3.37. The second-order valence-corrected chi connectivity index (χ2v) is 7.34. The van der Waals surface area contributed by atoms with Crippen molar-refractivity contribution in [2.75, 3.05) is 7.11 Å². The predicted octanol–water partition coefficient (Wildman–Crippen LogP) is 2.69. The summed E-state index contributed by atoms with van der Waals surface area (Å²) in [5.74, 6) is -3.81. The molecule has 1 aromatic rings. The van der Waals surface area contributed by atoms with Gasteiger partial charge in [0.2, 0.25) is 5.91 Å². The molecule has 1 aliphatic heterocycles. The standard InChI is InChI=1S/C18H20BrNO5/c1-24-17(22)15-14(16(21)20-11-5-3-2-4-6-11)12-9-10(19)7-8-13(12)25-18(15)23/h7-9,11,14-15H,2-6H2,1H3,(H,20,21)/t14-,15+/m0/s1. The fraction of sp³-hybridized carbons (Fsp3) is 0.500. The quantitative estimate of drug-likeness (QED) is 0.471. The first-order valence-corrected chi connectivity index (χ1v) is 9.20. The zero-order chi connectivity index (χ0) is 18.0. The van der Waals surface area contributed by atoms with E-state index >= 15 is 0 Å². The summed E-state index contributed by atoms with van der Waals surface area (Å²) in [4.78, 5) is 37.5. The molecule has 7 heteroatoms. The highest BCUT2D eigenvalue weighted by atomic mass is 79.9. The van der Waals surface area contributed by atoms with Gasteiger partial charge >= 0.3 is 11.9 Å². The Hall–Kier alpha value is -1.89. The normalized spacial score (nSPS) is 23.4. The Morgan fingerprint density at radius 2 is 1.92 bits per heavy atom. The van der Waals surface area contributed by atoms with E-state index in [2.05, 4.69) is 21.2 Å². The third-order valence-corrected chi connectivity index (χ3v) is 5.29. The van der Waals surface area contributed by atoms with E-state index in [1.165, 1.54) is 13.5 Å². The summed E-state index contributed by atoms with van der Waals surface area (Å²) in [7, 11) is 1.20. The number of hydrogen-bond acceptors (Lipinski definition) is 5. The van der Waals surface area contributed by atoms with Crippen molar-refractivity contribution in [2.24, 2.45) is 5.92 Å². The van der Waals surface area contributed by atoms with Crippen molar-refractivity contribution in [2.45, 2.75) is 44.1 Å². The maximum absolute atomic E-state index is 13.0. The molecule has 0 bridgehead atoms. The highest BCUT2D eigenvalue weighted by Gasteiger charge is 2.47. The Labute approximate surface area is 154 Å². The van der Waals surface area contributed by atoms with Crippen LogP contribution < -0.4 is 10.1 Å². The van der Waals surface area contributed by atoms with Crippen molar-refractivity contribution in [3.8, 4) is 5.75 Å². The number of esters is 2. The van der Waals surface area contributed by atoms with E-state index in [9.17, 15) is 14.4 Å². The highest BCUT2D eigenvalue weighted by Crippen LogP contribution is 2.40. The summed E-state index contributed by atoms with van der Waals surface area (Å²) in [5, 5.41) is 3.01. The van der Waals surface area contributed by atoms with Crippen LogP contribution in [0, 0.1) is 5.92 Å². The van der Waals surface area contributed by atoms with Gasteiger partial charge in [0.15, 0.2) is 5.92 Å². The zero-order valence-corrected chi connectivity index (χ0v) is 15.5. The lowest BCUT2D eigenvalue weighted by Gasteiger charge is -2.31. The van der Waals surface area contributed by atoms with E-state index in [0.29, 0.717) is 11.3 Å². The van der Waals surface area contributed by atoms with Gasteiger partial charge in [-0.3, -0.25) is 14.4 Å². The third-order valence-electron chi connectivity index (χ3n) is 4.79. The van der Waals surface area contributed by atoms with Gasteiger partial charge in [-0.2, -0.15) is 0 Å². The molecule has 0 unspecified atom stereocenters. The molecule has 25 heavy (non-hydrogen) atoms. The number of nitrogens with one attached hydrogen (secondary N) is 1. The number of carbonyl (C=O) groups excluding carboxylic acids is 3. The minimum absolute atomic E-state index is 0.0769. The van der Waals surface area contributed by atoms with Crippen molar-refractivity contribution in [1.29, 1.82) is 0 Å². The molecule has 2 aliphatic rings. The molecule has 1 N–H and O–H groups in total. The van der Waals surface area contributed by atoms with E-state index in [-0.39, 0.29) is 11.9 Å². The van der Waals surface area contributed by atoms with Gasteiger partial charge in [-0.15, -0.1) is 0 Å². The lowest BCUT2D eigenvalue weighted by molar-refractivity contribution is -0.160. The van der Waals surface area contributed by atoms with Gasteiger partial charge in [0.1, 0.15) is 5.75 Å². The molecule has 1 heterocycles. The molecule has 1 fully saturated rings. The number of halogens is 1. The van der Waals surface area contributed by atoms with Crippen LogP contribution in [0.15, 0.2) is 22.7 Å². The van der Waals surface area contributed by atoms with Gasteiger partial charge in [-0.25, -0.2) is 0 Å². The van der Waals surface area contributed by atoms with Crippen LogP contribution in [0.2, 0.25) is 0 Å². The van der Waals surface area contributed by atoms with Crippen molar-refractivity contribution >= 4 is 33.8 Å². The van der Waals surface area contributed by atoms with E-state index in [0.717, 1.165) is 30.2 Å². The number of fused-ring (bicyclic) bond motifs is 1. The molecule has 6 nitrogen and oxygen atoms in total. The molecule has 1 amide bonds. The van der Waals surface area contributed by atoms with Crippen LogP contribution in [0.25, 0.3) is 0 Å². The first-order chi connectivity index (χ1) is 12.0. The van der Waals surface area contributed by atoms with Gasteiger partial charge in [0, 0.05) is 16.1 Å². The van der Waals surface area contributed by atoms with Crippen molar-refractivity contribution in [3.63, 3.8) is 0 Å². The minimum atomic E-state index is -1.30. The van der Waals surface area contributed by atoms with Crippen LogP contribution >= 0.6 is 15.9 Å². The van der Waals surface area contributed by atoms with Gasteiger partial charge in [0.25, 0.3) is 0 Å². The van der Waals surface area contributed by atoms with Gasteiger partial charge in [-0.05, 0) is 31.0 Å². The molecule has 0 radical (unpaired) electrons. The third kappa shape index (κ3) is 3.71. The molecule has 0 aromatic heterocycles. The molecular weight excluding hydrogens is 390 g/mol. The Balaban J connectivity index is 1.95. The van der Waals surface area contributed by atoms with Crippen LogP contribution in [-0.4, -0.2) is 31.0 Å². The summed E-state index contributed by atoms with van der Waals surface area (Å²) in [6.07, 6.45) is 5.14. The molecule has 1 aliphatic carbocycles. The van der Waals surface area contributed by atoms with Crippen LogP contribution in [0.3, 0.4) is 0 Å². The predicted molar refractivity (Wildman–Crippen MR) is 93.0 cm³/mol.